The third-order valence-electron chi connectivity index (χ3n) is 2.51. The first kappa shape index (κ1) is 10.0. The van der Waals surface area contributed by atoms with E-state index in [0.717, 1.165) is 12.8 Å². The highest BCUT2D eigenvalue weighted by Crippen LogP contribution is 2.23. The maximum Gasteiger partial charge on any atom is 0.394 e. The molecule has 4 heteroatoms. The first-order valence-electron chi connectivity index (χ1n) is 4.58. The van der Waals surface area contributed by atoms with Crippen LogP contribution in [0.15, 0.2) is 0 Å². The molecule has 1 saturated heterocycles. The SMILES string of the molecule is CC(C)C1CCCN1C(=O)C(=O)O. The molecule has 0 bridgehead atoms. The van der Waals surface area contributed by atoms with Gasteiger partial charge < -0.3 is 10.0 Å². The molecule has 1 amide bonds. The van der Waals surface area contributed by atoms with Crippen LogP contribution in [0, 0.1) is 5.92 Å². The van der Waals surface area contributed by atoms with Gasteiger partial charge in [-0.25, -0.2) is 4.79 Å². The van der Waals surface area contributed by atoms with Crippen molar-refractivity contribution < 1.29 is 14.7 Å². The summed E-state index contributed by atoms with van der Waals surface area (Å²) in [6.07, 6.45) is 1.85. The van der Waals surface area contributed by atoms with E-state index in [9.17, 15) is 9.59 Å². The van der Waals surface area contributed by atoms with Gasteiger partial charge in [-0.3, -0.25) is 4.79 Å². The van der Waals surface area contributed by atoms with Gasteiger partial charge in [-0.05, 0) is 18.8 Å². The Kier molecular flexibility index (Phi) is 2.90. The highest BCUT2D eigenvalue weighted by atomic mass is 16.4. The Morgan fingerprint density at radius 3 is 2.54 bits per heavy atom. The Bertz CT molecular complexity index is 225. The lowest BCUT2D eigenvalue weighted by Crippen LogP contribution is -2.42. The van der Waals surface area contributed by atoms with Crippen LogP contribution >= 0.6 is 0 Å². The predicted octanol–water partition coefficient (Wildman–Crippen LogP) is 0.718. The normalized spacial score (nSPS) is 22.4. The number of nitrogens with zero attached hydrogens (tertiary/aromatic N) is 1. The molecule has 0 aromatic heterocycles. The van der Waals surface area contributed by atoms with Gasteiger partial charge >= 0.3 is 11.9 Å². The smallest absolute Gasteiger partial charge is 0.394 e. The Balaban J connectivity index is 2.68. The zero-order chi connectivity index (χ0) is 10.0. The van der Waals surface area contributed by atoms with Gasteiger partial charge in [-0.2, -0.15) is 0 Å². The lowest BCUT2D eigenvalue weighted by molar-refractivity contribution is -0.156. The minimum absolute atomic E-state index is 0.114. The number of carbonyl (C=O) groups is 2. The van der Waals surface area contributed by atoms with Crippen LogP contribution in [0.2, 0.25) is 0 Å². The highest BCUT2D eigenvalue weighted by Gasteiger charge is 2.33. The van der Waals surface area contributed by atoms with Crippen LogP contribution in [-0.4, -0.2) is 34.5 Å². The van der Waals surface area contributed by atoms with Gasteiger partial charge in [0.2, 0.25) is 0 Å². The topological polar surface area (TPSA) is 57.6 Å². The Labute approximate surface area is 77.5 Å². The molecule has 1 aliphatic rings. The summed E-state index contributed by atoms with van der Waals surface area (Å²) in [6, 6.07) is 0.114. The number of carboxylic acids is 1. The molecule has 0 saturated carbocycles. The van der Waals surface area contributed by atoms with Gasteiger partial charge in [0.05, 0.1) is 0 Å². The van der Waals surface area contributed by atoms with Crippen LogP contribution in [0.1, 0.15) is 26.7 Å². The van der Waals surface area contributed by atoms with E-state index in [1.807, 2.05) is 13.8 Å². The summed E-state index contributed by atoms with van der Waals surface area (Å²) in [5.74, 6) is -1.76. The highest BCUT2D eigenvalue weighted by molar-refractivity contribution is 6.31. The summed E-state index contributed by atoms with van der Waals surface area (Å²) in [7, 11) is 0. The number of aliphatic carboxylic acids is 1. The van der Waals surface area contributed by atoms with E-state index in [1.54, 1.807) is 0 Å². The van der Waals surface area contributed by atoms with E-state index < -0.39 is 11.9 Å². The van der Waals surface area contributed by atoms with Crippen molar-refractivity contribution in [3.8, 4) is 0 Å². The molecule has 13 heavy (non-hydrogen) atoms. The van der Waals surface area contributed by atoms with Crippen LogP contribution in [0.25, 0.3) is 0 Å². The Morgan fingerprint density at radius 2 is 2.08 bits per heavy atom. The first-order chi connectivity index (χ1) is 6.04. The minimum atomic E-state index is -1.34. The molecular formula is C9H15NO3. The van der Waals surface area contributed by atoms with Crippen molar-refractivity contribution in [1.29, 1.82) is 0 Å². The van der Waals surface area contributed by atoms with Crippen molar-refractivity contribution in [1.82, 2.24) is 4.90 Å². The van der Waals surface area contributed by atoms with Crippen molar-refractivity contribution in [3.05, 3.63) is 0 Å². The molecule has 1 N–H and O–H groups in total. The molecule has 1 heterocycles. The van der Waals surface area contributed by atoms with Crippen molar-refractivity contribution in [2.45, 2.75) is 32.7 Å². The largest absolute Gasteiger partial charge is 0.474 e. The molecule has 0 aliphatic carbocycles. The molecule has 1 unspecified atom stereocenters. The number of hydrogen-bond donors (Lipinski definition) is 1. The van der Waals surface area contributed by atoms with Crippen molar-refractivity contribution in [2.24, 2.45) is 5.92 Å². The van der Waals surface area contributed by atoms with Gasteiger partial charge in [0, 0.05) is 12.6 Å². The fourth-order valence-corrected chi connectivity index (χ4v) is 1.86. The van der Waals surface area contributed by atoms with Crippen LogP contribution in [0.3, 0.4) is 0 Å². The average molecular weight is 185 g/mol. The number of carboxylic acid groups (broad SMARTS) is 1. The zero-order valence-corrected chi connectivity index (χ0v) is 7.99. The maximum atomic E-state index is 11.2. The predicted molar refractivity (Wildman–Crippen MR) is 47.2 cm³/mol. The third-order valence-corrected chi connectivity index (χ3v) is 2.51. The fraction of sp³-hybridized carbons (Fsp3) is 0.778. The van der Waals surface area contributed by atoms with E-state index in [-0.39, 0.29) is 6.04 Å². The molecule has 0 spiro atoms. The van der Waals surface area contributed by atoms with Crippen molar-refractivity contribution in [3.63, 3.8) is 0 Å². The first-order valence-corrected chi connectivity index (χ1v) is 4.58. The van der Waals surface area contributed by atoms with Gasteiger partial charge in [-0.15, -0.1) is 0 Å². The second-order valence-corrected chi connectivity index (χ2v) is 3.76. The summed E-state index contributed by atoms with van der Waals surface area (Å²) < 4.78 is 0. The van der Waals surface area contributed by atoms with Crippen LogP contribution in [0.5, 0.6) is 0 Å². The Hall–Kier alpha value is -1.06. The molecule has 1 rings (SSSR count). The zero-order valence-electron chi connectivity index (χ0n) is 7.99. The molecule has 4 nitrogen and oxygen atoms in total. The summed E-state index contributed by atoms with van der Waals surface area (Å²) in [5, 5.41) is 8.55. The second-order valence-electron chi connectivity index (χ2n) is 3.76. The van der Waals surface area contributed by atoms with E-state index in [0.29, 0.717) is 12.5 Å². The van der Waals surface area contributed by atoms with E-state index in [4.69, 9.17) is 5.11 Å². The molecule has 74 valence electrons. The Morgan fingerprint density at radius 1 is 1.46 bits per heavy atom. The molecule has 0 aromatic carbocycles. The quantitative estimate of drug-likeness (QED) is 0.612. The van der Waals surface area contributed by atoms with Gasteiger partial charge in [0.25, 0.3) is 0 Å². The molecule has 0 aromatic rings. The number of hydrogen-bond acceptors (Lipinski definition) is 2. The van der Waals surface area contributed by atoms with Gasteiger partial charge in [0.1, 0.15) is 0 Å². The van der Waals surface area contributed by atoms with E-state index in [2.05, 4.69) is 0 Å². The van der Waals surface area contributed by atoms with Crippen LogP contribution in [-0.2, 0) is 9.59 Å². The van der Waals surface area contributed by atoms with Crippen molar-refractivity contribution in [2.75, 3.05) is 6.54 Å². The standard InChI is InChI=1S/C9H15NO3/c1-6(2)7-4-3-5-10(7)8(11)9(12)13/h6-7H,3-5H2,1-2H3,(H,12,13). The number of rotatable bonds is 1. The summed E-state index contributed by atoms with van der Waals surface area (Å²) in [4.78, 5) is 23.1. The van der Waals surface area contributed by atoms with E-state index >= 15 is 0 Å². The second kappa shape index (κ2) is 3.77. The van der Waals surface area contributed by atoms with Crippen LogP contribution < -0.4 is 0 Å². The lowest BCUT2D eigenvalue weighted by Gasteiger charge is -2.25. The average Bonchev–Trinajstić information content (AvgIpc) is 2.50. The lowest BCUT2D eigenvalue weighted by atomic mass is 10.0. The molecule has 1 atom stereocenters. The van der Waals surface area contributed by atoms with Crippen molar-refractivity contribution >= 4 is 11.9 Å². The summed E-state index contributed by atoms with van der Waals surface area (Å²) in [5.41, 5.74) is 0. The molecule has 0 radical (unpaired) electrons. The molecule has 1 aliphatic heterocycles. The summed E-state index contributed by atoms with van der Waals surface area (Å²) in [6.45, 7) is 4.62. The van der Waals surface area contributed by atoms with Crippen LogP contribution in [0.4, 0.5) is 0 Å². The fourth-order valence-electron chi connectivity index (χ4n) is 1.86. The minimum Gasteiger partial charge on any atom is -0.474 e. The van der Waals surface area contributed by atoms with Gasteiger partial charge in [-0.1, -0.05) is 13.8 Å². The summed E-state index contributed by atoms with van der Waals surface area (Å²) >= 11 is 0. The number of amides is 1. The molecular weight excluding hydrogens is 170 g/mol. The number of carbonyl (C=O) groups excluding carboxylic acids is 1. The molecule has 1 fully saturated rings. The number of likely N-dealkylation sites (tertiary alicyclic amines) is 1. The van der Waals surface area contributed by atoms with Gasteiger partial charge in [0.15, 0.2) is 0 Å². The monoisotopic (exact) mass is 185 g/mol. The third kappa shape index (κ3) is 1.99. The maximum absolute atomic E-state index is 11.2. The van der Waals surface area contributed by atoms with E-state index in [1.165, 1.54) is 4.90 Å².